The second kappa shape index (κ2) is 14.1. The average Bonchev–Trinajstić information content (AvgIpc) is 3.05. The van der Waals surface area contributed by atoms with Gasteiger partial charge in [-0.25, -0.2) is 9.59 Å². The van der Waals surface area contributed by atoms with Gasteiger partial charge in [-0.2, -0.15) is 0 Å². The number of benzene rings is 3. The van der Waals surface area contributed by atoms with Gasteiger partial charge in [-0.1, -0.05) is 24.3 Å². The van der Waals surface area contributed by atoms with E-state index in [0.717, 1.165) is 14.0 Å². The third kappa shape index (κ3) is 8.11. The highest BCUT2D eigenvalue weighted by Gasteiger charge is 2.42. The van der Waals surface area contributed by atoms with Gasteiger partial charge in [-0.3, -0.25) is 24.0 Å². The number of nitrogens with one attached hydrogen (secondary N) is 5. The van der Waals surface area contributed by atoms with Gasteiger partial charge in [0.05, 0.1) is 12.7 Å². The maximum absolute atomic E-state index is 13.8. The van der Waals surface area contributed by atoms with Crippen LogP contribution in [0.4, 0.5) is 0 Å². The van der Waals surface area contributed by atoms with E-state index >= 15 is 0 Å². The first-order valence-corrected chi connectivity index (χ1v) is 15.8. The fraction of sp³-hybridized carbons (Fsp3) is 0.400. The van der Waals surface area contributed by atoms with Crippen LogP contribution >= 0.6 is 0 Å². The molecule has 5 amide bonds. The molecule has 2 bridgehead atoms. The van der Waals surface area contributed by atoms with Gasteiger partial charge in [-0.05, 0) is 59.7 Å². The van der Waals surface area contributed by atoms with Crippen LogP contribution in [0.5, 0.6) is 11.5 Å². The lowest BCUT2D eigenvalue weighted by atomic mass is 9.96. The number of aromatic hydroxyl groups is 1. The molecule has 0 spiro atoms. The number of phenols is 1. The van der Waals surface area contributed by atoms with Crippen LogP contribution in [-0.2, 0) is 38.2 Å². The number of hydrogen-bond donors (Lipinski definition) is 6. The van der Waals surface area contributed by atoms with Gasteiger partial charge in [0, 0.05) is 28.5 Å². The Hall–Kier alpha value is -5.93. The van der Waals surface area contributed by atoms with E-state index in [-0.39, 0.29) is 27.8 Å². The normalized spacial score (nSPS) is 21.1. The van der Waals surface area contributed by atoms with E-state index in [1.54, 1.807) is 24.3 Å². The van der Waals surface area contributed by atoms with Crippen molar-refractivity contribution >= 4 is 63.0 Å². The molecule has 1 aliphatic heterocycles. The number of amides is 5. The molecule has 0 saturated heterocycles. The van der Waals surface area contributed by atoms with E-state index in [1.807, 2.05) is 0 Å². The number of hydrogen-bond acceptors (Lipinski definition) is 11. The number of carbonyl (C=O) groups is 7. The summed E-state index contributed by atoms with van der Waals surface area (Å²) in [6.45, 7) is 8.65. The predicted octanol–water partition coefficient (Wildman–Crippen LogP) is 1.05. The van der Waals surface area contributed by atoms with Gasteiger partial charge >= 0.3 is 11.9 Å². The molecule has 1 unspecified atom stereocenters. The molecular weight excluding hydrogens is 666 g/mol. The Balaban J connectivity index is 1.90. The molecule has 1 heterocycles. The van der Waals surface area contributed by atoms with Crippen molar-refractivity contribution in [2.24, 2.45) is 0 Å². The summed E-state index contributed by atoms with van der Waals surface area (Å²) in [5.74, 6) is -6.14. The van der Waals surface area contributed by atoms with Crippen molar-refractivity contribution in [3.63, 3.8) is 0 Å². The minimum absolute atomic E-state index is 0.0187. The molecule has 1 aliphatic rings. The van der Waals surface area contributed by atoms with Crippen molar-refractivity contribution in [2.45, 2.75) is 77.4 Å². The van der Waals surface area contributed by atoms with Gasteiger partial charge in [0.2, 0.25) is 23.6 Å². The van der Waals surface area contributed by atoms with Crippen molar-refractivity contribution in [3.05, 3.63) is 48.0 Å². The lowest BCUT2D eigenvalue weighted by molar-refractivity contribution is -0.147. The monoisotopic (exact) mass is 707 g/mol. The van der Waals surface area contributed by atoms with Crippen LogP contribution in [0, 0.1) is 0 Å². The van der Waals surface area contributed by atoms with Crippen LogP contribution < -0.4 is 31.3 Å². The first-order chi connectivity index (χ1) is 23.7. The largest absolute Gasteiger partial charge is 0.507 e. The highest BCUT2D eigenvalue weighted by Crippen LogP contribution is 2.42. The highest BCUT2D eigenvalue weighted by molar-refractivity contribution is 6.12. The van der Waals surface area contributed by atoms with Crippen LogP contribution in [-0.4, -0.2) is 89.2 Å². The van der Waals surface area contributed by atoms with Crippen LogP contribution in [0.25, 0.3) is 21.5 Å². The summed E-state index contributed by atoms with van der Waals surface area (Å²) in [5, 5.41) is 24.7. The van der Waals surface area contributed by atoms with Crippen molar-refractivity contribution in [1.29, 1.82) is 0 Å². The van der Waals surface area contributed by atoms with Crippen molar-refractivity contribution < 1.29 is 52.9 Å². The molecule has 272 valence electrons. The Bertz CT molecular complexity index is 1950. The molecule has 0 aliphatic carbocycles. The van der Waals surface area contributed by atoms with E-state index in [2.05, 4.69) is 26.6 Å². The minimum Gasteiger partial charge on any atom is -0.507 e. The zero-order valence-corrected chi connectivity index (χ0v) is 29.4. The summed E-state index contributed by atoms with van der Waals surface area (Å²) in [6.07, 6.45) is -1.74. The van der Waals surface area contributed by atoms with E-state index in [1.165, 1.54) is 59.7 Å². The molecule has 0 saturated carbocycles. The number of fused-ring (bicyclic) bond motifs is 3. The molecule has 0 fully saturated rings. The second-order valence-electron chi connectivity index (χ2n) is 13.6. The Morgan fingerprint density at radius 3 is 1.94 bits per heavy atom. The molecule has 3 aromatic carbocycles. The minimum atomic E-state index is -1.74. The number of esters is 2. The summed E-state index contributed by atoms with van der Waals surface area (Å²) in [4.78, 5) is 92.4. The first-order valence-electron chi connectivity index (χ1n) is 15.8. The molecular formula is C35H41N5O11. The van der Waals surface area contributed by atoms with Gasteiger partial charge < -0.3 is 45.9 Å². The molecule has 2 atom stereocenters. The summed E-state index contributed by atoms with van der Waals surface area (Å²) >= 11 is 0. The molecule has 4 rings (SSSR count). The first kappa shape index (κ1) is 37.9. The third-order valence-electron chi connectivity index (χ3n) is 8.15. The Morgan fingerprint density at radius 2 is 1.35 bits per heavy atom. The molecule has 3 aromatic rings. The van der Waals surface area contributed by atoms with Crippen LogP contribution in [0.15, 0.2) is 42.5 Å². The SMILES string of the molecule is COC(=O)[C@@H]1COC(=O)c2ccc3c(O)c4ccccc4c(c3c2)OC(NC(C)=O)C(=O)NC(C)(C)C(=O)NC(C)(C)C(=O)NC(C)(C)C(=O)N1. The van der Waals surface area contributed by atoms with E-state index in [4.69, 9.17) is 14.2 Å². The Morgan fingerprint density at radius 1 is 0.804 bits per heavy atom. The van der Waals surface area contributed by atoms with E-state index in [9.17, 15) is 38.7 Å². The second-order valence-corrected chi connectivity index (χ2v) is 13.6. The topological polar surface area (TPSA) is 228 Å². The van der Waals surface area contributed by atoms with E-state index in [0.29, 0.717) is 10.8 Å². The molecule has 16 nitrogen and oxygen atoms in total. The molecule has 6 N–H and O–H groups in total. The number of ether oxygens (including phenoxy) is 3. The molecule has 16 heteroatoms. The summed E-state index contributed by atoms with van der Waals surface area (Å²) in [5.41, 5.74) is -5.10. The third-order valence-corrected chi connectivity index (χ3v) is 8.15. The zero-order valence-electron chi connectivity index (χ0n) is 29.4. The Kier molecular flexibility index (Phi) is 10.5. The summed E-state index contributed by atoms with van der Waals surface area (Å²) in [6, 6.07) is 9.11. The number of methoxy groups -OCH3 is 1. The standard InChI is InChI=1S/C35H41N5O11/c1-17(41)36-27-26(43)38-34(4,5)31(47)40-35(6,7)32(48)39-33(2,3)30(46)37-23(29(45)49-8)16-50-28(44)18-13-14-20-22(15-18)25(51-27)21-12-10-9-11-19(21)24(20)42/h9-15,23,27,42H,16H2,1-8H3,(H,36,41)(H,37,46)(H,38,43)(H,39,48)(H,40,47)/t23-,27?/m0/s1. The zero-order chi connectivity index (χ0) is 38.1. The molecule has 51 heavy (non-hydrogen) atoms. The van der Waals surface area contributed by atoms with Gasteiger partial charge in [0.15, 0.2) is 6.04 Å². The fourth-order valence-electron chi connectivity index (χ4n) is 5.14. The van der Waals surface area contributed by atoms with Crippen LogP contribution in [0.3, 0.4) is 0 Å². The molecule has 0 aromatic heterocycles. The lowest BCUT2D eigenvalue weighted by Crippen LogP contribution is -2.67. The smallest absolute Gasteiger partial charge is 0.338 e. The van der Waals surface area contributed by atoms with Crippen molar-refractivity contribution in [1.82, 2.24) is 26.6 Å². The van der Waals surface area contributed by atoms with Gasteiger partial charge in [0.25, 0.3) is 12.1 Å². The highest BCUT2D eigenvalue weighted by atomic mass is 16.5. The fourth-order valence-corrected chi connectivity index (χ4v) is 5.14. The molecule has 0 radical (unpaired) electrons. The van der Waals surface area contributed by atoms with Crippen LogP contribution in [0.2, 0.25) is 0 Å². The predicted molar refractivity (Wildman–Crippen MR) is 182 cm³/mol. The maximum Gasteiger partial charge on any atom is 0.338 e. The maximum atomic E-state index is 13.8. The average molecular weight is 708 g/mol. The number of phenolic OH excluding ortho intramolecular Hbond substituents is 1. The number of rotatable bonds is 2. The lowest BCUT2D eigenvalue weighted by Gasteiger charge is -2.35. The Labute approximate surface area is 292 Å². The van der Waals surface area contributed by atoms with Crippen LogP contribution in [0.1, 0.15) is 58.8 Å². The summed E-state index contributed by atoms with van der Waals surface area (Å²) in [7, 11) is 1.07. The number of carbonyl (C=O) groups excluding carboxylic acids is 7. The van der Waals surface area contributed by atoms with Gasteiger partial charge in [0.1, 0.15) is 34.7 Å². The number of cyclic esters (lactones) is 1. The summed E-state index contributed by atoms with van der Waals surface area (Å²) < 4.78 is 16.4. The van der Waals surface area contributed by atoms with Crippen molar-refractivity contribution in [2.75, 3.05) is 13.7 Å². The van der Waals surface area contributed by atoms with E-state index < -0.39 is 77.0 Å². The van der Waals surface area contributed by atoms with Gasteiger partial charge in [-0.15, -0.1) is 0 Å². The van der Waals surface area contributed by atoms with Crippen molar-refractivity contribution in [3.8, 4) is 11.5 Å². The quantitative estimate of drug-likeness (QED) is 0.163.